The molecule has 1 unspecified atom stereocenters. The van der Waals surface area contributed by atoms with Gasteiger partial charge in [0, 0.05) is 31.0 Å². The Bertz CT molecular complexity index is 901. The van der Waals surface area contributed by atoms with E-state index in [1.54, 1.807) is 24.5 Å². The zero-order chi connectivity index (χ0) is 15.8. The number of hydrogen-bond donors (Lipinski definition) is 1. The highest BCUT2D eigenvalue weighted by atomic mass is 16.2. The molecule has 23 heavy (non-hydrogen) atoms. The second kappa shape index (κ2) is 5.31. The third kappa shape index (κ3) is 2.28. The van der Waals surface area contributed by atoms with Crippen LogP contribution in [0.3, 0.4) is 0 Å². The summed E-state index contributed by atoms with van der Waals surface area (Å²) < 4.78 is 1.97. The fourth-order valence-corrected chi connectivity index (χ4v) is 2.97. The average molecular weight is 306 g/mol. The van der Waals surface area contributed by atoms with E-state index in [0.29, 0.717) is 24.5 Å². The Morgan fingerprint density at radius 2 is 1.96 bits per heavy atom. The quantitative estimate of drug-likeness (QED) is 0.736. The number of nitrogens with one attached hydrogen (secondary N) is 1. The number of carbonyl (C=O) groups is 2. The fourth-order valence-electron chi connectivity index (χ4n) is 2.97. The fraction of sp³-hybridized carbons (Fsp3) is 0.176. The predicted molar refractivity (Wildman–Crippen MR) is 85.0 cm³/mol. The van der Waals surface area contributed by atoms with E-state index in [-0.39, 0.29) is 11.7 Å². The van der Waals surface area contributed by atoms with Crippen molar-refractivity contribution in [2.24, 2.45) is 0 Å². The van der Waals surface area contributed by atoms with Gasteiger partial charge in [-0.1, -0.05) is 12.1 Å². The highest BCUT2D eigenvalue weighted by Crippen LogP contribution is 2.29. The summed E-state index contributed by atoms with van der Waals surface area (Å²) in [5.74, 6) is -0.796. The van der Waals surface area contributed by atoms with Crippen LogP contribution >= 0.6 is 0 Å². The molecule has 1 aromatic carbocycles. The highest BCUT2D eigenvalue weighted by Gasteiger charge is 2.36. The molecule has 6 nitrogen and oxygen atoms in total. The van der Waals surface area contributed by atoms with Gasteiger partial charge >= 0.3 is 0 Å². The largest absolute Gasteiger partial charge is 0.326 e. The third-order valence-corrected chi connectivity index (χ3v) is 4.06. The standard InChI is InChI=1S/C17H14N4O2/c22-14-7-10-21-13-4-2-1-3-12(13)20-16(21)15(14)17(23)19-11-5-8-18-9-6-11/h1-6,8-9,15H,7,10H2,(H,18,19,23). The summed E-state index contributed by atoms with van der Waals surface area (Å²) in [5.41, 5.74) is 2.38. The molecular weight excluding hydrogens is 292 g/mol. The van der Waals surface area contributed by atoms with Gasteiger partial charge in [0.25, 0.3) is 0 Å². The Balaban J connectivity index is 1.74. The topological polar surface area (TPSA) is 76.9 Å². The maximum absolute atomic E-state index is 12.6. The molecule has 1 N–H and O–H groups in total. The predicted octanol–water partition coefficient (Wildman–Crippen LogP) is 2.13. The molecule has 1 aliphatic rings. The van der Waals surface area contributed by atoms with E-state index in [0.717, 1.165) is 11.0 Å². The molecule has 0 aliphatic carbocycles. The van der Waals surface area contributed by atoms with Gasteiger partial charge < -0.3 is 9.88 Å². The average Bonchev–Trinajstić information content (AvgIpc) is 2.93. The van der Waals surface area contributed by atoms with E-state index in [1.165, 1.54) is 0 Å². The molecule has 0 spiro atoms. The molecule has 3 heterocycles. The van der Waals surface area contributed by atoms with Gasteiger partial charge in [-0.2, -0.15) is 0 Å². The van der Waals surface area contributed by atoms with Gasteiger partial charge in [0.05, 0.1) is 11.0 Å². The van der Waals surface area contributed by atoms with E-state index in [2.05, 4.69) is 15.3 Å². The molecule has 3 aromatic rings. The summed E-state index contributed by atoms with van der Waals surface area (Å²) in [7, 11) is 0. The van der Waals surface area contributed by atoms with Crippen molar-refractivity contribution >= 4 is 28.4 Å². The Hall–Kier alpha value is -3.02. The number of nitrogens with zero attached hydrogens (tertiary/aromatic N) is 3. The molecule has 1 aliphatic heterocycles. The molecule has 1 atom stereocenters. The second-order valence-corrected chi connectivity index (χ2v) is 5.48. The second-order valence-electron chi connectivity index (χ2n) is 5.48. The molecule has 4 rings (SSSR count). The van der Waals surface area contributed by atoms with Crippen LogP contribution in [0.2, 0.25) is 0 Å². The summed E-state index contributed by atoms with van der Waals surface area (Å²) in [6, 6.07) is 11.1. The van der Waals surface area contributed by atoms with Gasteiger partial charge in [-0.3, -0.25) is 14.6 Å². The number of fused-ring (bicyclic) bond motifs is 3. The minimum absolute atomic E-state index is 0.0978. The van der Waals surface area contributed by atoms with E-state index in [1.807, 2.05) is 28.8 Å². The summed E-state index contributed by atoms with van der Waals surface area (Å²) in [5, 5.41) is 2.77. The summed E-state index contributed by atoms with van der Waals surface area (Å²) in [4.78, 5) is 33.4. The number of hydrogen-bond acceptors (Lipinski definition) is 4. The van der Waals surface area contributed by atoms with Crippen molar-refractivity contribution < 1.29 is 9.59 Å². The van der Waals surface area contributed by atoms with Crippen LogP contribution in [0.4, 0.5) is 5.69 Å². The molecule has 1 amide bonds. The lowest BCUT2D eigenvalue weighted by atomic mass is 9.96. The van der Waals surface area contributed by atoms with Crippen LogP contribution in [0.25, 0.3) is 11.0 Å². The number of rotatable bonds is 2. The molecule has 0 fully saturated rings. The highest BCUT2D eigenvalue weighted by molar-refractivity contribution is 6.12. The van der Waals surface area contributed by atoms with Crippen molar-refractivity contribution in [2.75, 3.05) is 5.32 Å². The Morgan fingerprint density at radius 3 is 2.78 bits per heavy atom. The van der Waals surface area contributed by atoms with Crippen molar-refractivity contribution in [3.05, 3.63) is 54.6 Å². The molecule has 0 saturated carbocycles. The maximum atomic E-state index is 12.6. The molecule has 114 valence electrons. The van der Waals surface area contributed by atoms with Gasteiger partial charge in [-0.15, -0.1) is 0 Å². The Morgan fingerprint density at radius 1 is 1.17 bits per heavy atom. The normalized spacial score (nSPS) is 17.0. The third-order valence-electron chi connectivity index (χ3n) is 4.06. The van der Waals surface area contributed by atoms with Crippen molar-refractivity contribution in [1.29, 1.82) is 0 Å². The Labute approximate surface area is 132 Å². The first kappa shape index (κ1) is 13.6. The SMILES string of the molecule is O=C1CCn2c(nc3ccccc32)C1C(=O)Nc1ccncc1. The first-order valence-electron chi connectivity index (χ1n) is 7.43. The molecule has 6 heteroatoms. The minimum Gasteiger partial charge on any atom is -0.326 e. The van der Waals surface area contributed by atoms with Gasteiger partial charge in [-0.25, -0.2) is 4.98 Å². The van der Waals surface area contributed by atoms with Crippen LogP contribution in [-0.2, 0) is 16.1 Å². The number of ketones is 1. The number of benzene rings is 1. The summed E-state index contributed by atoms with van der Waals surface area (Å²) in [6.45, 7) is 0.563. The van der Waals surface area contributed by atoms with Crippen molar-refractivity contribution in [1.82, 2.24) is 14.5 Å². The molecule has 2 aromatic heterocycles. The van der Waals surface area contributed by atoms with Gasteiger partial charge in [0.2, 0.25) is 5.91 Å². The number of carbonyl (C=O) groups excluding carboxylic acids is 2. The van der Waals surface area contributed by atoms with Gasteiger partial charge in [-0.05, 0) is 24.3 Å². The molecule has 0 radical (unpaired) electrons. The lowest BCUT2D eigenvalue weighted by Crippen LogP contribution is -2.34. The molecule has 0 saturated heterocycles. The number of aryl methyl sites for hydroxylation is 1. The summed E-state index contributed by atoms with van der Waals surface area (Å²) >= 11 is 0. The van der Waals surface area contributed by atoms with Crippen LogP contribution in [0, 0.1) is 0 Å². The van der Waals surface area contributed by atoms with Crippen LogP contribution in [0.5, 0.6) is 0 Å². The van der Waals surface area contributed by atoms with Gasteiger partial charge in [0.15, 0.2) is 11.7 Å². The number of aromatic nitrogens is 3. The number of pyridine rings is 1. The number of anilines is 1. The van der Waals surface area contributed by atoms with Crippen LogP contribution in [-0.4, -0.2) is 26.2 Å². The zero-order valence-corrected chi connectivity index (χ0v) is 12.3. The lowest BCUT2D eigenvalue weighted by molar-refractivity contribution is -0.128. The smallest absolute Gasteiger partial charge is 0.242 e. The van der Waals surface area contributed by atoms with Crippen LogP contribution < -0.4 is 5.32 Å². The molecular formula is C17H14N4O2. The first-order chi connectivity index (χ1) is 11.2. The van der Waals surface area contributed by atoms with Crippen molar-refractivity contribution in [3.63, 3.8) is 0 Å². The van der Waals surface area contributed by atoms with Crippen molar-refractivity contribution in [2.45, 2.75) is 18.9 Å². The zero-order valence-electron chi connectivity index (χ0n) is 12.3. The number of Topliss-reactive ketones (excluding diaryl/α,β-unsaturated/α-hetero) is 1. The number of amides is 1. The van der Waals surface area contributed by atoms with E-state index >= 15 is 0 Å². The van der Waals surface area contributed by atoms with E-state index in [4.69, 9.17) is 0 Å². The lowest BCUT2D eigenvalue weighted by Gasteiger charge is -2.22. The van der Waals surface area contributed by atoms with E-state index in [9.17, 15) is 9.59 Å². The van der Waals surface area contributed by atoms with Gasteiger partial charge in [0.1, 0.15) is 5.82 Å². The Kier molecular flexibility index (Phi) is 3.15. The maximum Gasteiger partial charge on any atom is 0.242 e. The van der Waals surface area contributed by atoms with E-state index < -0.39 is 5.92 Å². The summed E-state index contributed by atoms with van der Waals surface area (Å²) in [6.07, 6.45) is 3.52. The van der Waals surface area contributed by atoms with Crippen molar-refractivity contribution in [3.8, 4) is 0 Å². The van der Waals surface area contributed by atoms with Crippen LogP contribution in [0.1, 0.15) is 18.2 Å². The number of imidazole rings is 1. The van der Waals surface area contributed by atoms with Crippen LogP contribution in [0.15, 0.2) is 48.8 Å². The first-order valence-corrected chi connectivity index (χ1v) is 7.43. The minimum atomic E-state index is -0.871. The monoisotopic (exact) mass is 306 g/mol. The molecule has 0 bridgehead atoms. The number of para-hydroxylation sites is 2.